The van der Waals surface area contributed by atoms with Crippen LogP contribution in [-0.2, 0) is 28.9 Å². The molecular formula is C22H27N3O2. The van der Waals surface area contributed by atoms with E-state index in [1.807, 2.05) is 18.2 Å². The van der Waals surface area contributed by atoms with Gasteiger partial charge in [0.2, 0.25) is 5.91 Å². The van der Waals surface area contributed by atoms with E-state index in [9.17, 15) is 9.59 Å². The molecule has 0 radical (unpaired) electrons. The summed E-state index contributed by atoms with van der Waals surface area (Å²) >= 11 is 0. The van der Waals surface area contributed by atoms with Gasteiger partial charge in [0.1, 0.15) is 0 Å². The average Bonchev–Trinajstić information content (AvgIpc) is 2.71. The maximum atomic E-state index is 12.2. The van der Waals surface area contributed by atoms with Crippen LogP contribution in [0.5, 0.6) is 0 Å². The highest BCUT2D eigenvalue weighted by Gasteiger charge is 2.18. The first-order valence-corrected chi connectivity index (χ1v) is 9.64. The zero-order valence-electron chi connectivity index (χ0n) is 15.8. The van der Waals surface area contributed by atoms with Gasteiger partial charge in [0, 0.05) is 18.7 Å². The lowest BCUT2D eigenvalue weighted by Crippen LogP contribution is -2.47. The Hall–Kier alpha value is -2.82. The Morgan fingerprint density at radius 3 is 2.44 bits per heavy atom. The smallest absolute Gasteiger partial charge is 0.257 e. The van der Waals surface area contributed by atoms with E-state index in [1.54, 1.807) is 0 Å². The van der Waals surface area contributed by atoms with Crippen molar-refractivity contribution < 1.29 is 9.59 Å². The average molecular weight is 365 g/mol. The lowest BCUT2D eigenvalue weighted by atomic mass is 10.0. The summed E-state index contributed by atoms with van der Waals surface area (Å²) in [6.07, 6.45) is 4.09. The lowest BCUT2D eigenvalue weighted by molar-refractivity contribution is -0.128. The molecule has 0 saturated heterocycles. The molecule has 0 aliphatic carbocycles. The second-order valence-corrected chi connectivity index (χ2v) is 6.92. The van der Waals surface area contributed by atoms with Crippen molar-refractivity contribution in [2.24, 2.45) is 0 Å². The summed E-state index contributed by atoms with van der Waals surface area (Å²) in [5.74, 6) is -0.380. The molecule has 0 unspecified atom stereocenters. The molecule has 2 aromatic carbocycles. The van der Waals surface area contributed by atoms with Gasteiger partial charge in [-0.25, -0.2) is 0 Å². The van der Waals surface area contributed by atoms with Gasteiger partial charge >= 0.3 is 0 Å². The van der Waals surface area contributed by atoms with Crippen molar-refractivity contribution in [2.75, 3.05) is 18.0 Å². The maximum Gasteiger partial charge on any atom is 0.257 e. The van der Waals surface area contributed by atoms with Crippen LogP contribution in [0.25, 0.3) is 0 Å². The number of hydrogen-bond donors (Lipinski definition) is 2. The fourth-order valence-corrected chi connectivity index (χ4v) is 3.39. The van der Waals surface area contributed by atoms with E-state index >= 15 is 0 Å². The van der Waals surface area contributed by atoms with E-state index in [1.165, 1.54) is 11.1 Å². The molecule has 0 spiro atoms. The van der Waals surface area contributed by atoms with Crippen molar-refractivity contribution in [3.05, 3.63) is 65.2 Å². The van der Waals surface area contributed by atoms with Gasteiger partial charge in [-0.3, -0.25) is 20.4 Å². The van der Waals surface area contributed by atoms with Crippen molar-refractivity contribution in [1.29, 1.82) is 0 Å². The maximum absolute atomic E-state index is 12.2. The summed E-state index contributed by atoms with van der Waals surface area (Å²) in [6, 6.07) is 16.5. The van der Waals surface area contributed by atoms with Gasteiger partial charge in [0.15, 0.2) is 0 Å². The molecule has 3 rings (SSSR count). The van der Waals surface area contributed by atoms with E-state index in [0.29, 0.717) is 12.8 Å². The second-order valence-electron chi connectivity index (χ2n) is 6.92. The highest BCUT2D eigenvalue weighted by molar-refractivity contribution is 5.85. The number of fused-ring (bicyclic) bond motifs is 1. The van der Waals surface area contributed by atoms with Crippen molar-refractivity contribution in [1.82, 2.24) is 10.9 Å². The molecule has 0 aromatic heterocycles. The Kier molecular flexibility index (Phi) is 6.47. The SMILES string of the molecule is CCc1ccc(CCC(=O)NNC(=O)CN2CCCc3ccccc32)cc1. The van der Waals surface area contributed by atoms with Crippen LogP contribution >= 0.6 is 0 Å². The predicted molar refractivity (Wildman–Crippen MR) is 107 cm³/mol. The van der Waals surface area contributed by atoms with Crippen LogP contribution < -0.4 is 15.8 Å². The summed E-state index contributed by atoms with van der Waals surface area (Å²) in [6.45, 7) is 3.22. The standard InChI is InChI=1S/C22H27N3O2/c1-2-17-9-11-18(12-10-17)13-14-21(26)23-24-22(27)16-25-15-5-7-19-6-3-4-8-20(19)25/h3-4,6,8-12H,2,5,7,13-16H2,1H3,(H,23,26)(H,24,27). The van der Waals surface area contributed by atoms with Crippen LogP contribution in [0, 0.1) is 0 Å². The fraction of sp³-hybridized carbons (Fsp3) is 0.364. The monoisotopic (exact) mass is 365 g/mol. The van der Waals surface area contributed by atoms with Gasteiger partial charge in [-0.2, -0.15) is 0 Å². The number of carbonyl (C=O) groups excluding carboxylic acids is 2. The molecule has 5 heteroatoms. The molecule has 0 saturated carbocycles. The Balaban J connectivity index is 1.42. The van der Waals surface area contributed by atoms with Crippen molar-refractivity contribution in [3.8, 4) is 0 Å². The predicted octanol–water partition coefficient (Wildman–Crippen LogP) is 2.78. The van der Waals surface area contributed by atoms with Gasteiger partial charge < -0.3 is 4.90 Å². The Morgan fingerprint density at radius 1 is 0.963 bits per heavy atom. The molecule has 2 N–H and O–H groups in total. The largest absolute Gasteiger partial charge is 0.362 e. The number of aryl methyl sites for hydroxylation is 3. The molecule has 27 heavy (non-hydrogen) atoms. The van der Waals surface area contributed by atoms with Crippen LogP contribution in [0.1, 0.15) is 36.5 Å². The van der Waals surface area contributed by atoms with E-state index < -0.39 is 0 Å². The Labute approximate surface area is 160 Å². The number of nitrogens with zero attached hydrogens (tertiary/aromatic N) is 1. The first kappa shape index (κ1) is 19.0. The number of anilines is 1. The third kappa shape index (κ3) is 5.33. The second kappa shape index (κ2) is 9.21. The molecule has 2 aromatic rings. The molecule has 2 amide bonds. The minimum atomic E-state index is -0.202. The number of hydrazine groups is 1. The summed E-state index contributed by atoms with van der Waals surface area (Å²) in [4.78, 5) is 26.3. The zero-order chi connectivity index (χ0) is 19.1. The number of para-hydroxylation sites is 1. The first-order valence-electron chi connectivity index (χ1n) is 9.64. The minimum Gasteiger partial charge on any atom is -0.362 e. The third-order valence-corrected chi connectivity index (χ3v) is 4.95. The fourth-order valence-electron chi connectivity index (χ4n) is 3.39. The van der Waals surface area contributed by atoms with Gasteiger partial charge in [-0.15, -0.1) is 0 Å². The Morgan fingerprint density at radius 2 is 1.67 bits per heavy atom. The minimum absolute atomic E-state index is 0.179. The van der Waals surface area contributed by atoms with Gasteiger partial charge in [0.05, 0.1) is 6.54 Å². The number of rotatable bonds is 6. The van der Waals surface area contributed by atoms with Crippen LogP contribution in [0.3, 0.4) is 0 Å². The van der Waals surface area contributed by atoms with E-state index in [4.69, 9.17) is 0 Å². The molecule has 1 aliphatic heterocycles. The zero-order valence-corrected chi connectivity index (χ0v) is 15.8. The molecule has 5 nitrogen and oxygen atoms in total. The normalized spacial score (nSPS) is 13.0. The molecular weight excluding hydrogens is 338 g/mol. The number of carbonyl (C=O) groups is 2. The first-order chi connectivity index (χ1) is 13.2. The molecule has 0 atom stereocenters. The molecule has 142 valence electrons. The number of nitrogens with one attached hydrogen (secondary N) is 2. The van der Waals surface area contributed by atoms with Gasteiger partial charge in [-0.05, 0) is 48.4 Å². The van der Waals surface area contributed by atoms with E-state index in [-0.39, 0.29) is 18.4 Å². The molecule has 0 fully saturated rings. The molecule has 1 heterocycles. The van der Waals surface area contributed by atoms with Crippen LogP contribution in [0.2, 0.25) is 0 Å². The summed E-state index contributed by atoms with van der Waals surface area (Å²) in [7, 11) is 0. The summed E-state index contributed by atoms with van der Waals surface area (Å²) in [5, 5.41) is 0. The lowest BCUT2D eigenvalue weighted by Gasteiger charge is -2.30. The van der Waals surface area contributed by atoms with E-state index in [0.717, 1.165) is 37.1 Å². The summed E-state index contributed by atoms with van der Waals surface area (Å²) in [5.41, 5.74) is 9.85. The van der Waals surface area contributed by atoms with Crippen LogP contribution in [0.4, 0.5) is 5.69 Å². The highest BCUT2D eigenvalue weighted by Crippen LogP contribution is 2.26. The Bertz CT molecular complexity index is 786. The number of benzene rings is 2. The number of amides is 2. The highest BCUT2D eigenvalue weighted by atomic mass is 16.2. The topological polar surface area (TPSA) is 61.4 Å². The quantitative estimate of drug-likeness (QED) is 0.774. The van der Waals surface area contributed by atoms with E-state index in [2.05, 4.69) is 53.0 Å². The van der Waals surface area contributed by atoms with Crippen LogP contribution in [-0.4, -0.2) is 24.9 Å². The van der Waals surface area contributed by atoms with Crippen LogP contribution in [0.15, 0.2) is 48.5 Å². The molecule has 0 bridgehead atoms. The number of hydrogen-bond acceptors (Lipinski definition) is 3. The van der Waals surface area contributed by atoms with Gasteiger partial charge in [0.25, 0.3) is 5.91 Å². The van der Waals surface area contributed by atoms with Crippen molar-refractivity contribution in [3.63, 3.8) is 0 Å². The van der Waals surface area contributed by atoms with Crippen molar-refractivity contribution >= 4 is 17.5 Å². The van der Waals surface area contributed by atoms with Crippen molar-refractivity contribution in [2.45, 2.75) is 39.0 Å². The summed E-state index contributed by atoms with van der Waals surface area (Å²) < 4.78 is 0. The molecule has 1 aliphatic rings. The van der Waals surface area contributed by atoms with Gasteiger partial charge in [-0.1, -0.05) is 49.4 Å². The third-order valence-electron chi connectivity index (χ3n) is 4.95.